The summed E-state index contributed by atoms with van der Waals surface area (Å²) in [5.74, 6) is 0. The van der Waals surface area contributed by atoms with Gasteiger partial charge in [-0.2, -0.15) is 0 Å². The van der Waals surface area contributed by atoms with Crippen molar-refractivity contribution in [1.29, 1.82) is 0 Å². The highest BCUT2D eigenvalue weighted by Gasteiger charge is 2.37. The number of ether oxygens (including phenoxy) is 1. The Balaban J connectivity index is 1.95. The quantitative estimate of drug-likeness (QED) is 0.840. The van der Waals surface area contributed by atoms with Gasteiger partial charge >= 0.3 is 0 Å². The summed E-state index contributed by atoms with van der Waals surface area (Å²) < 4.78 is 32.5. The molecule has 0 N–H and O–H groups in total. The fraction of sp³-hybridized carbons (Fsp3) is 0.600. The zero-order valence-corrected chi connectivity index (χ0v) is 12.9. The molecular formula is C15H21NO3S. The maximum Gasteiger partial charge on any atom is 0.240 e. The number of sulfonamides is 1. The molecule has 110 valence electrons. The van der Waals surface area contributed by atoms with Gasteiger partial charge in [0.2, 0.25) is 10.0 Å². The van der Waals surface area contributed by atoms with Gasteiger partial charge in [-0.25, -0.2) is 8.42 Å². The van der Waals surface area contributed by atoms with Gasteiger partial charge in [0.25, 0.3) is 0 Å². The van der Waals surface area contributed by atoms with E-state index < -0.39 is 10.0 Å². The first-order chi connectivity index (χ1) is 9.50. The van der Waals surface area contributed by atoms with Crippen LogP contribution in [0.25, 0.3) is 0 Å². The number of hydrogen-bond donors (Lipinski definition) is 0. The van der Waals surface area contributed by atoms with E-state index in [-0.39, 0.29) is 5.25 Å². The molecule has 0 spiro atoms. The second kappa shape index (κ2) is 5.04. The highest BCUT2D eigenvalue weighted by atomic mass is 32.2. The fourth-order valence-corrected chi connectivity index (χ4v) is 4.91. The predicted molar refractivity (Wildman–Crippen MR) is 79.7 cm³/mol. The summed E-state index contributed by atoms with van der Waals surface area (Å²) in [5.41, 5.74) is 4.39. The largest absolute Gasteiger partial charge is 0.380 e. The van der Waals surface area contributed by atoms with Crippen LogP contribution in [0.4, 0.5) is 5.69 Å². The highest BCUT2D eigenvalue weighted by Crippen LogP contribution is 2.34. The van der Waals surface area contributed by atoms with Crippen molar-refractivity contribution in [3.05, 3.63) is 28.8 Å². The van der Waals surface area contributed by atoms with Gasteiger partial charge in [-0.15, -0.1) is 0 Å². The van der Waals surface area contributed by atoms with Crippen LogP contribution in [0.3, 0.4) is 0 Å². The van der Waals surface area contributed by atoms with Crippen molar-refractivity contribution in [3.63, 3.8) is 0 Å². The van der Waals surface area contributed by atoms with Crippen molar-refractivity contribution in [2.24, 2.45) is 0 Å². The Kier molecular flexibility index (Phi) is 3.50. The Morgan fingerprint density at radius 2 is 2.00 bits per heavy atom. The summed E-state index contributed by atoms with van der Waals surface area (Å²) in [6.07, 6.45) is 2.35. The molecule has 1 aromatic rings. The van der Waals surface area contributed by atoms with Crippen LogP contribution < -0.4 is 4.31 Å². The highest BCUT2D eigenvalue weighted by molar-refractivity contribution is 7.93. The van der Waals surface area contributed by atoms with E-state index >= 15 is 0 Å². The molecule has 1 unspecified atom stereocenters. The zero-order valence-electron chi connectivity index (χ0n) is 12.1. The summed E-state index contributed by atoms with van der Waals surface area (Å²) >= 11 is 0. The number of anilines is 1. The van der Waals surface area contributed by atoms with Gasteiger partial charge in [0.1, 0.15) is 5.25 Å². The monoisotopic (exact) mass is 295 g/mol. The van der Waals surface area contributed by atoms with E-state index in [9.17, 15) is 8.42 Å². The molecule has 1 fully saturated rings. The minimum absolute atomic E-state index is 0.332. The van der Waals surface area contributed by atoms with Crippen LogP contribution in [0.5, 0.6) is 0 Å². The number of nitrogens with zero attached hydrogens (tertiary/aromatic N) is 1. The Morgan fingerprint density at radius 3 is 2.70 bits per heavy atom. The number of rotatable bonds is 2. The maximum atomic E-state index is 12.8. The molecule has 20 heavy (non-hydrogen) atoms. The summed E-state index contributed by atoms with van der Waals surface area (Å²) in [7, 11) is -3.30. The Morgan fingerprint density at radius 1 is 1.25 bits per heavy atom. The average molecular weight is 295 g/mol. The molecule has 0 saturated carbocycles. The molecule has 0 aromatic heterocycles. The zero-order chi connectivity index (χ0) is 14.3. The van der Waals surface area contributed by atoms with Crippen molar-refractivity contribution in [1.82, 2.24) is 0 Å². The summed E-state index contributed by atoms with van der Waals surface area (Å²) in [4.78, 5) is 0. The first kappa shape index (κ1) is 13.9. The average Bonchev–Trinajstić information content (AvgIpc) is 2.84. The number of aryl methyl sites for hydroxylation is 2. The van der Waals surface area contributed by atoms with Gasteiger partial charge in [0.15, 0.2) is 0 Å². The second-order valence-electron chi connectivity index (χ2n) is 5.77. The van der Waals surface area contributed by atoms with Crippen molar-refractivity contribution in [2.75, 3.05) is 24.1 Å². The molecule has 2 heterocycles. The van der Waals surface area contributed by atoms with Gasteiger partial charge in [-0.05, 0) is 55.9 Å². The van der Waals surface area contributed by atoms with Crippen LogP contribution in [0.1, 0.15) is 29.5 Å². The molecule has 4 nitrogen and oxygen atoms in total. The van der Waals surface area contributed by atoms with Crippen molar-refractivity contribution in [2.45, 2.75) is 38.4 Å². The third kappa shape index (κ3) is 2.23. The van der Waals surface area contributed by atoms with E-state index in [2.05, 4.69) is 13.0 Å². The number of fused-ring (bicyclic) bond motifs is 1. The molecule has 2 aliphatic rings. The van der Waals surface area contributed by atoms with Crippen LogP contribution in [0.15, 0.2) is 12.1 Å². The van der Waals surface area contributed by atoms with Gasteiger partial charge in [0, 0.05) is 13.2 Å². The topological polar surface area (TPSA) is 46.6 Å². The van der Waals surface area contributed by atoms with Crippen LogP contribution in [-0.2, 0) is 21.2 Å². The van der Waals surface area contributed by atoms with Gasteiger partial charge in [-0.1, -0.05) is 6.07 Å². The SMILES string of the molecule is Cc1cc2c(cc1C)N(S(=O)(=O)C1CCCOC1)CC2. The minimum Gasteiger partial charge on any atom is -0.380 e. The van der Waals surface area contributed by atoms with Crippen molar-refractivity contribution in [3.8, 4) is 0 Å². The van der Waals surface area contributed by atoms with Crippen LogP contribution in [0, 0.1) is 13.8 Å². The maximum absolute atomic E-state index is 12.8. The summed E-state index contributed by atoms with van der Waals surface area (Å²) in [6, 6.07) is 4.14. The van der Waals surface area contributed by atoms with E-state index in [4.69, 9.17) is 4.74 Å². The summed E-state index contributed by atoms with van der Waals surface area (Å²) in [6.45, 7) is 5.68. The third-order valence-corrected chi connectivity index (χ3v) is 6.60. The van der Waals surface area contributed by atoms with Crippen molar-refractivity contribution >= 4 is 15.7 Å². The van der Waals surface area contributed by atoms with E-state index in [1.54, 1.807) is 4.31 Å². The Labute approximate surface area is 120 Å². The van der Waals surface area contributed by atoms with E-state index in [0.29, 0.717) is 26.2 Å². The van der Waals surface area contributed by atoms with Crippen molar-refractivity contribution < 1.29 is 13.2 Å². The lowest BCUT2D eigenvalue weighted by atomic mass is 10.0. The Hall–Kier alpha value is -1.07. The molecular weight excluding hydrogens is 274 g/mol. The van der Waals surface area contributed by atoms with E-state index in [0.717, 1.165) is 29.7 Å². The number of hydrogen-bond acceptors (Lipinski definition) is 3. The molecule has 0 bridgehead atoms. The van der Waals surface area contributed by atoms with Crippen LogP contribution in [-0.4, -0.2) is 33.4 Å². The number of benzene rings is 1. The molecule has 0 amide bonds. The second-order valence-corrected chi connectivity index (χ2v) is 7.91. The van der Waals surface area contributed by atoms with Gasteiger partial charge in [-0.3, -0.25) is 4.31 Å². The Bertz CT molecular complexity index is 618. The summed E-state index contributed by atoms with van der Waals surface area (Å²) in [5, 5.41) is -0.385. The first-order valence-corrected chi connectivity index (χ1v) is 8.70. The molecule has 1 saturated heterocycles. The standard InChI is InChI=1S/C15H21NO3S/c1-11-8-13-5-6-16(15(13)9-12(11)2)20(17,18)14-4-3-7-19-10-14/h8-9,14H,3-7,10H2,1-2H3. The molecule has 5 heteroatoms. The smallest absolute Gasteiger partial charge is 0.240 e. The lowest BCUT2D eigenvalue weighted by Crippen LogP contribution is -2.42. The first-order valence-electron chi connectivity index (χ1n) is 7.19. The molecule has 1 atom stereocenters. The van der Waals surface area contributed by atoms with E-state index in [1.807, 2.05) is 13.0 Å². The van der Waals surface area contributed by atoms with E-state index in [1.165, 1.54) is 5.56 Å². The normalized spacial score (nSPS) is 22.9. The molecule has 3 rings (SSSR count). The molecule has 1 aromatic carbocycles. The molecule has 0 radical (unpaired) electrons. The molecule has 0 aliphatic carbocycles. The predicted octanol–water partition coefficient (Wildman–Crippen LogP) is 2.17. The van der Waals surface area contributed by atoms with Crippen LogP contribution >= 0.6 is 0 Å². The van der Waals surface area contributed by atoms with Gasteiger partial charge < -0.3 is 4.74 Å². The third-order valence-electron chi connectivity index (χ3n) is 4.39. The molecule has 2 aliphatic heterocycles. The van der Waals surface area contributed by atoms with Crippen LogP contribution in [0.2, 0.25) is 0 Å². The fourth-order valence-electron chi connectivity index (χ4n) is 3.03. The minimum atomic E-state index is -3.30. The lowest BCUT2D eigenvalue weighted by Gasteiger charge is -2.28. The van der Waals surface area contributed by atoms with Gasteiger partial charge in [0.05, 0.1) is 12.3 Å². The lowest BCUT2D eigenvalue weighted by molar-refractivity contribution is 0.0990.